The summed E-state index contributed by atoms with van der Waals surface area (Å²) in [5.41, 5.74) is 3.01. The molecular formula is C13H21N. The number of benzene rings is 1. The second-order valence-electron chi connectivity index (χ2n) is 3.91. The summed E-state index contributed by atoms with van der Waals surface area (Å²) in [5, 5.41) is 3.28. The maximum absolute atomic E-state index is 3.28. The molecule has 1 heteroatoms. The van der Waals surface area contributed by atoms with E-state index >= 15 is 0 Å². The molecule has 14 heavy (non-hydrogen) atoms. The zero-order valence-corrected chi connectivity index (χ0v) is 9.51. The van der Waals surface area contributed by atoms with Crippen LogP contribution >= 0.6 is 0 Å². The molecule has 0 saturated heterocycles. The first-order valence-electron chi connectivity index (χ1n) is 5.52. The van der Waals surface area contributed by atoms with Crippen LogP contribution in [0.2, 0.25) is 0 Å². The van der Waals surface area contributed by atoms with Gasteiger partial charge in [0.25, 0.3) is 0 Å². The molecule has 0 spiro atoms. The molecule has 0 aliphatic rings. The molecule has 0 aliphatic heterocycles. The van der Waals surface area contributed by atoms with Crippen LogP contribution in [0.25, 0.3) is 0 Å². The van der Waals surface area contributed by atoms with Gasteiger partial charge in [-0.25, -0.2) is 0 Å². The predicted octanol–water partition coefficient (Wildman–Crippen LogP) is 2.79. The molecule has 0 aromatic heterocycles. The Morgan fingerprint density at radius 2 is 1.86 bits per heavy atom. The summed E-state index contributed by atoms with van der Waals surface area (Å²) in [6.07, 6.45) is 3.56. The molecule has 0 fully saturated rings. The highest BCUT2D eigenvalue weighted by atomic mass is 14.8. The molecule has 0 amide bonds. The lowest BCUT2D eigenvalue weighted by Gasteiger charge is -2.13. The Balaban J connectivity index is 2.73. The molecule has 1 nitrogen and oxygen atoms in total. The Kier molecular flexibility index (Phi) is 4.68. The van der Waals surface area contributed by atoms with Gasteiger partial charge >= 0.3 is 0 Å². The number of nitrogens with one attached hydrogen (secondary N) is 1. The highest BCUT2D eigenvalue weighted by Gasteiger charge is 2.04. The van der Waals surface area contributed by atoms with Crippen LogP contribution in [0, 0.1) is 0 Å². The maximum Gasteiger partial charge on any atom is 0.00762 e. The second-order valence-corrected chi connectivity index (χ2v) is 3.91. The van der Waals surface area contributed by atoms with E-state index in [1.54, 1.807) is 0 Å². The first kappa shape index (κ1) is 11.3. The maximum atomic E-state index is 3.28. The van der Waals surface area contributed by atoms with Crippen molar-refractivity contribution in [3.63, 3.8) is 0 Å². The molecule has 0 heterocycles. The SMILES string of the molecule is CCCc1ccccc1CC(C)NC. The highest BCUT2D eigenvalue weighted by Crippen LogP contribution is 2.13. The van der Waals surface area contributed by atoms with Crippen LogP contribution in [0.1, 0.15) is 31.4 Å². The van der Waals surface area contributed by atoms with Crippen LogP contribution < -0.4 is 5.32 Å². The predicted molar refractivity (Wildman–Crippen MR) is 62.7 cm³/mol. The lowest BCUT2D eigenvalue weighted by atomic mass is 9.98. The fourth-order valence-corrected chi connectivity index (χ4v) is 1.70. The number of likely N-dealkylation sites (N-methyl/N-ethyl adjacent to an activating group) is 1. The minimum Gasteiger partial charge on any atom is -0.317 e. The van der Waals surface area contributed by atoms with Gasteiger partial charge in [-0.05, 0) is 37.9 Å². The van der Waals surface area contributed by atoms with Gasteiger partial charge in [0.05, 0.1) is 0 Å². The molecular weight excluding hydrogens is 170 g/mol. The van der Waals surface area contributed by atoms with Crippen molar-refractivity contribution >= 4 is 0 Å². The normalized spacial score (nSPS) is 12.8. The molecule has 0 radical (unpaired) electrons. The van der Waals surface area contributed by atoms with Crippen LogP contribution in [-0.4, -0.2) is 13.1 Å². The van der Waals surface area contributed by atoms with Gasteiger partial charge in [-0.15, -0.1) is 0 Å². The number of aryl methyl sites for hydroxylation is 1. The van der Waals surface area contributed by atoms with Crippen LogP contribution in [-0.2, 0) is 12.8 Å². The summed E-state index contributed by atoms with van der Waals surface area (Å²) in [7, 11) is 2.02. The second kappa shape index (κ2) is 5.82. The Morgan fingerprint density at radius 3 is 2.43 bits per heavy atom. The third-order valence-corrected chi connectivity index (χ3v) is 2.66. The molecule has 1 N–H and O–H groups in total. The van der Waals surface area contributed by atoms with E-state index in [0.29, 0.717) is 6.04 Å². The summed E-state index contributed by atoms with van der Waals surface area (Å²) in [5.74, 6) is 0. The van der Waals surface area contributed by atoms with Gasteiger partial charge in [0.1, 0.15) is 0 Å². The van der Waals surface area contributed by atoms with Crippen molar-refractivity contribution in [2.75, 3.05) is 7.05 Å². The molecule has 0 aliphatic carbocycles. The Hall–Kier alpha value is -0.820. The van der Waals surface area contributed by atoms with Crippen molar-refractivity contribution in [3.05, 3.63) is 35.4 Å². The zero-order valence-electron chi connectivity index (χ0n) is 9.51. The smallest absolute Gasteiger partial charge is 0.00762 e. The van der Waals surface area contributed by atoms with Crippen molar-refractivity contribution in [2.45, 2.75) is 39.2 Å². The Labute approximate surface area is 87.5 Å². The summed E-state index contributed by atoms with van der Waals surface area (Å²) in [4.78, 5) is 0. The van der Waals surface area contributed by atoms with Crippen LogP contribution in [0.3, 0.4) is 0 Å². The van der Waals surface area contributed by atoms with Crippen molar-refractivity contribution < 1.29 is 0 Å². The standard InChI is InChI=1S/C13H21N/c1-4-7-12-8-5-6-9-13(12)10-11(2)14-3/h5-6,8-9,11,14H,4,7,10H2,1-3H3. The number of hydrogen-bond acceptors (Lipinski definition) is 1. The van der Waals surface area contributed by atoms with Crippen LogP contribution in [0.5, 0.6) is 0 Å². The third-order valence-electron chi connectivity index (χ3n) is 2.66. The van der Waals surface area contributed by atoms with E-state index in [9.17, 15) is 0 Å². The van der Waals surface area contributed by atoms with Crippen molar-refractivity contribution in [1.82, 2.24) is 5.32 Å². The summed E-state index contributed by atoms with van der Waals surface area (Å²) < 4.78 is 0. The molecule has 0 saturated carbocycles. The fraction of sp³-hybridized carbons (Fsp3) is 0.538. The quantitative estimate of drug-likeness (QED) is 0.754. The molecule has 78 valence electrons. The summed E-state index contributed by atoms with van der Waals surface area (Å²) in [6.45, 7) is 4.46. The summed E-state index contributed by atoms with van der Waals surface area (Å²) in [6, 6.07) is 9.34. The summed E-state index contributed by atoms with van der Waals surface area (Å²) >= 11 is 0. The first-order chi connectivity index (χ1) is 6.77. The van der Waals surface area contributed by atoms with E-state index in [-0.39, 0.29) is 0 Å². The molecule has 1 aromatic rings. The van der Waals surface area contributed by atoms with E-state index in [4.69, 9.17) is 0 Å². The third kappa shape index (κ3) is 3.15. The van der Waals surface area contributed by atoms with Gasteiger partial charge in [-0.1, -0.05) is 37.6 Å². The zero-order chi connectivity index (χ0) is 10.4. The molecule has 1 atom stereocenters. The fourth-order valence-electron chi connectivity index (χ4n) is 1.70. The minimum atomic E-state index is 0.563. The van der Waals surface area contributed by atoms with E-state index in [0.717, 1.165) is 6.42 Å². The van der Waals surface area contributed by atoms with E-state index in [1.165, 1.54) is 24.0 Å². The molecule has 1 aromatic carbocycles. The van der Waals surface area contributed by atoms with Gasteiger partial charge in [-0.3, -0.25) is 0 Å². The highest BCUT2D eigenvalue weighted by molar-refractivity contribution is 5.27. The minimum absolute atomic E-state index is 0.563. The molecule has 1 rings (SSSR count). The van der Waals surface area contributed by atoms with E-state index in [2.05, 4.69) is 43.4 Å². The van der Waals surface area contributed by atoms with Crippen LogP contribution in [0.4, 0.5) is 0 Å². The largest absolute Gasteiger partial charge is 0.317 e. The van der Waals surface area contributed by atoms with Crippen LogP contribution in [0.15, 0.2) is 24.3 Å². The van der Waals surface area contributed by atoms with Gasteiger partial charge in [0, 0.05) is 6.04 Å². The van der Waals surface area contributed by atoms with Gasteiger partial charge in [0.2, 0.25) is 0 Å². The Bertz CT molecular complexity index is 268. The first-order valence-corrected chi connectivity index (χ1v) is 5.52. The molecule has 1 unspecified atom stereocenters. The van der Waals surface area contributed by atoms with Gasteiger partial charge < -0.3 is 5.32 Å². The van der Waals surface area contributed by atoms with E-state index in [1.807, 2.05) is 7.05 Å². The van der Waals surface area contributed by atoms with Crippen molar-refractivity contribution in [3.8, 4) is 0 Å². The number of rotatable bonds is 5. The average molecular weight is 191 g/mol. The average Bonchev–Trinajstić information content (AvgIpc) is 2.21. The lowest BCUT2D eigenvalue weighted by Crippen LogP contribution is -2.24. The molecule has 0 bridgehead atoms. The van der Waals surface area contributed by atoms with Crippen molar-refractivity contribution in [2.24, 2.45) is 0 Å². The van der Waals surface area contributed by atoms with Gasteiger partial charge in [-0.2, -0.15) is 0 Å². The topological polar surface area (TPSA) is 12.0 Å². The van der Waals surface area contributed by atoms with E-state index < -0.39 is 0 Å². The number of hydrogen-bond donors (Lipinski definition) is 1. The van der Waals surface area contributed by atoms with Crippen molar-refractivity contribution in [1.29, 1.82) is 0 Å². The lowest BCUT2D eigenvalue weighted by molar-refractivity contribution is 0.605. The monoisotopic (exact) mass is 191 g/mol. The van der Waals surface area contributed by atoms with Gasteiger partial charge in [0.15, 0.2) is 0 Å². The Morgan fingerprint density at radius 1 is 1.21 bits per heavy atom.